The zero-order chi connectivity index (χ0) is 17.3. The molecule has 3 rings (SSSR count). The first kappa shape index (κ1) is 16.4. The monoisotopic (exact) mass is 352 g/mol. The summed E-state index contributed by atoms with van der Waals surface area (Å²) in [6, 6.07) is 8.65. The third-order valence-electron chi connectivity index (χ3n) is 3.54. The summed E-state index contributed by atoms with van der Waals surface area (Å²) in [7, 11) is -4.40. The molecule has 1 aliphatic carbocycles. The van der Waals surface area contributed by atoms with E-state index in [4.69, 9.17) is 0 Å². The second-order valence-corrected chi connectivity index (χ2v) is 7.12. The van der Waals surface area contributed by atoms with E-state index in [0.717, 1.165) is 31.0 Å². The quantitative estimate of drug-likeness (QED) is 0.868. The van der Waals surface area contributed by atoms with Gasteiger partial charge in [0.25, 0.3) is 10.0 Å². The summed E-state index contributed by atoms with van der Waals surface area (Å²) in [5.74, 6) is -2.37. The average molecular weight is 352 g/mol. The van der Waals surface area contributed by atoms with E-state index in [1.807, 2.05) is 0 Å². The lowest BCUT2D eigenvalue weighted by Gasteiger charge is -2.10. The van der Waals surface area contributed by atoms with Crippen LogP contribution in [-0.2, 0) is 14.8 Å². The van der Waals surface area contributed by atoms with Crippen LogP contribution in [0.2, 0.25) is 0 Å². The SMILES string of the molecule is O=C(Nc1ccc(NS(=O)(=O)c2c(F)cccc2F)cc1)C1CC1. The number of anilines is 2. The van der Waals surface area contributed by atoms with E-state index in [1.165, 1.54) is 24.3 Å². The predicted octanol–water partition coefficient (Wildman–Crippen LogP) is 3.11. The number of carbonyl (C=O) groups excluding carboxylic acids is 1. The van der Waals surface area contributed by atoms with Crippen LogP contribution in [0.15, 0.2) is 47.4 Å². The molecule has 0 aromatic heterocycles. The van der Waals surface area contributed by atoms with Gasteiger partial charge in [-0.2, -0.15) is 0 Å². The Labute approximate surface area is 137 Å². The van der Waals surface area contributed by atoms with Crippen molar-refractivity contribution >= 4 is 27.3 Å². The number of sulfonamides is 1. The Balaban J connectivity index is 1.76. The minimum atomic E-state index is -4.40. The van der Waals surface area contributed by atoms with Crippen LogP contribution in [0.25, 0.3) is 0 Å². The van der Waals surface area contributed by atoms with Crippen molar-refractivity contribution in [2.75, 3.05) is 10.0 Å². The Morgan fingerprint density at radius 2 is 1.50 bits per heavy atom. The van der Waals surface area contributed by atoms with Gasteiger partial charge in [0.05, 0.1) is 0 Å². The Kier molecular flexibility index (Phi) is 4.23. The fraction of sp³-hybridized carbons (Fsp3) is 0.188. The summed E-state index contributed by atoms with van der Waals surface area (Å²) in [6.07, 6.45) is 1.75. The molecule has 126 valence electrons. The zero-order valence-corrected chi connectivity index (χ0v) is 13.2. The molecule has 2 aromatic carbocycles. The highest BCUT2D eigenvalue weighted by atomic mass is 32.2. The first-order valence-corrected chi connectivity index (χ1v) is 8.73. The summed E-state index contributed by atoms with van der Waals surface area (Å²) >= 11 is 0. The van der Waals surface area contributed by atoms with Crippen molar-refractivity contribution in [3.63, 3.8) is 0 Å². The third-order valence-corrected chi connectivity index (χ3v) is 4.97. The highest BCUT2D eigenvalue weighted by Gasteiger charge is 2.29. The summed E-state index contributed by atoms with van der Waals surface area (Å²) in [4.78, 5) is 10.6. The van der Waals surface area contributed by atoms with Crippen molar-refractivity contribution in [2.24, 2.45) is 5.92 Å². The molecule has 2 N–H and O–H groups in total. The van der Waals surface area contributed by atoms with Crippen molar-refractivity contribution in [3.8, 4) is 0 Å². The highest BCUT2D eigenvalue weighted by Crippen LogP contribution is 2.30. The summed E-state index contributed by atoms with van der Waals surface area (Å²) in [5, 5.41) is 2.71. The van der Waals surface area contributed by atoms with E-state index in [-0.39, 0.29) is 17.5 Å². The van der Waals surface area contributed by atoms with Gasteiger partial charge in [-0.1, -0.05) is 6.07 Å². The first-order valence-electron chi connectivity index (χ1n) is 7.24. The molecule has 0 unspecified atom stereocenters. The van der Waals surface area contributed by atoms with Gasteiger partial charge in [0.15, 0.2) is 4.90 Å². The number of hydrogen-bond acceptors (Lipinski definition) is 3. The molecule has 0 spiro atoms. The number of halogens is 2. The van der Waals surface area contributed by atoms with E-state index >= 15 is 0 Å². The number of nitrogens with one attached hydrogen (secondary N) is 2. The third kappa shape index (κ3) is 3.53. The minimum absolute atomic E-state index is 0.0483. The molecule has 0 atom stereocenters. The average Bonchev–Trinajstić information content (AvgIpc) is 3.33. The molecular weight excluding hydrogens is 338 g/mol. The molecule has 1 saturated carbocycles. The maximum Gasteiger partial charge on any atom is 0.267 e. The number of carbonyl (C=O) groups is 1. The first-order chi connectivity index (χ1) is 11.4. The van der Waals surface area contributed by atoms with Crippen LogP contribution in [0.1, 0.15) is 12.8 Å². The van der Waals surface area contributed by atoms with Gasteiger partial charge in [-0.3, -0.25) is 9.52 Å². The van der Waals surface area contributed by atoms with Crippen molar-refractivity contribution in [3.05, 3.63) is 54.1 Å². The van der Waals surface area contributed by atoms with E-state index in [2.05, 4.69) is 10.0 Å². The molecule has 8 heteroatoms. The molecule has 24 heavy (non-hydrogen) atoms. The Morgan fingerprint density at radius 3 is 2.04 bits per heavy atom. The van der Waals surface area contributed by atoms with E-state index < -0.39 is 26.6 Å². The van der Waals surface area contributed by atoms with Gasteiger partial charge in [0, 0.05) is 17.3 Å². The van der Waals surface area contributed by atoms with E-state index in [9.17, 15) is 22.0 Å². The summed E-state index contributed by atoms with van der Waals surface area (Å²) < 4.78 is 53.7. The van der Waals surface area contributed by atoms with E-state index in [0.29, 0.717) is 5.69 Å². The van der Waals surface area contributed by atoms with Gasteiger partial charge in [-0.05, 0) is 49.2 Å². The largest absolute Gasteiger partial charge is 0.326 e. The smallest absolute Gasteiger partial charge is 0.267 e. The lowest BCUT2D eigenvalue weighted by atomic mass is 10.2. The fourth-order valence-corrected chi connectivity index (χ4v) is 3.35. The predicted molar refractivity (Wildman–Crippen MR) is 85.0 cm³/mol. The van der Waals surface area contributed by atoms with Crippen molar-refractivity contribution in [1.82, 2.24) is 0 Å². The Hall–Kier alpha value is -2.48. The molecule has 0 bridgehead atoms. The highest BCUT2D eigenvalue weighted by molar-refractivity contribution is 7.92. The summed E-state index contributed by atoms with van der Waals surface area (Å²) in [6.45, 7) is 0. The number of amides is 1. The van der Waals surface area contributed by atoms with Gasteiger partial charge >= 0.3 is 0 Å². The van der Waals surface area contributed by atoms with Crippen molar-refractivity contribution in [1.29, 1.82) is 0 Å². The van der Waals surface area contributed by atoms with Gasteiger partial charge in [-0.25, -0.2) is 17.2 Å². The number of rotatable bonds is 5. The zero-order valence-electron chi connectivity index (χ0n) is 12.4. The Bertz CT molecular complexity index is 858. The number of hydrogen-bond donors (Lipinski definition) is 2. The van der Waals surface area contributed by atoms with Gasteiger partial charge in [0.1, 0.15) is 11.6 Å². The van der Waals surface area contributed by atoms with E-state index in [1.54, 1.807) is 0 Å². The lowest BCUT2D eigenvalue weighted by Crippen LogP contribution is -2.16. The fourth-order valence-electron chi connectivity index (χ4n) is 2.16. The van der Waals surface area contributed by atoms with Crippen LogP contribution in [-0.4, -0.2) is 14.3 Å². The molecular formula is C16H14F2N2O3S. The maximum absolute atomic E-state index is 13.6. The van der Waals surface area contributed by atoms with Crippen LogP contribution in [0, 0.1) is 17.6 Å². The van der Waals surface area contributed by atoms with Crippen LogP contribution in [0.5, 0.6) is 0 Å². The Morgan fingerprint density at radius 1 is 0.958 bits per heavy atom. The molecule has 1 aliphatic rings. The second-order valence-electron chi connectivity index (χ2n) is 5.50. The molecule has 0 radical (unpaired) electrons. The van der Waals surface area contributed by atoms with Crippen LogP contribution >= 0.6 is 0 Å². The summed E-state index contributed by atoms with van der Waals surface area (Å²) in [5.41, 5.74) is 0.647. The van der Waals surface area contributed by atoms with Crippen LogP contribution in [0.3, 0.4) is 0 Å². The van der Waals surface area contributed by atoms with Gasteiger partial charge < -0.3 is 5.32 Å². The van der Waals surface area contributed by atoms with Crippen molar-refractivity contribution in [2.45, 2.75) is 17.7 Å². The van der Waals surface area contributed by atoms with Crippen molar-refractivity contribution < 1.29 is 22.0 Å². The molecule has 0 aliphatic heterocycles. The number of benzene rings is 2. The molecule has 1 fully saturated rings. The standard InChI is InChI=1S/C16H14F2N2O3S/c17-13-2-1-3-14(18)15(13)24(22,23)20-12-8-6-11(7-9-12)19-16(21)10-4-5-10/h1-3,6-10,20H,4-5H2,(H,19,21). The normalized spacial score (nSPS) is 14.2. The van der Waals surface area contributed by atoms with Gasteiger partial charge in [-0.15, -0.1) is 0 Å². The lowest BCUT2D eigenvalue weighted by molar-refractivity contribution is -0.117. The molecule has 5 nitrogen and oxygen atoms in total. The molecule has 2 aromatic rings. The van der Waals surface area contributed by atoms with Crippen LogP contribution in [0.4, 0.5) is 20.2 Å². The maximum atomic E-state index is 13.6. The van der Waals surface area contributed by atoms with Crippen LogP contribution < -0.4 is 10.0 Å². The van der Waals surface area contributed by atoms with Gasteiger partial charge in [0.2, 0.25) is 5.91 Å². The second kappa shape index (κ2) is 6.20. The molecule has 0 saturated heterocycles. The minimum Gasteiger partial charge on any atom is -0.326 e. The molecule has 0 heterocycles. The topological polar surface area (TPSA) is 75.3 Å². The molecule has 1 amide bonds.